The highest BCUT2D eigenvalue weighted by Gasteiger charge is 2.11. The smallest absolute Gasteiger partial charge is 0.276 e. The van der Waals surface area contributed by atoms with Crippen molar-refractivity contribution in [1.29, 1.82) is 0 Å². The number of nitrogens with one attached hydrogen (secondary N) is 1. The Labute approximate surface area is 157 Å². The number of carbonyl (C=O) groups is 1. The molecule has 4 aromatic rings. The van der Waals surface area contributed by atoms with Crippen LogP contribution in [0.1, 0.15) is 29.4 Å². The lowest BCUT2D eigenvalue weighted by atomic mass is 10.0. The molecule has 6 heteroatoms. The number of hydrogen-bond acceptors (Lipinski definition) is 3. The third kappa shape index (κ3) is 3.74. The number of nitrogens with zero attached hydrogens (tertiary/aromatic N) is 4. The van der Waals surface area contributed by atoms with Crippen molar-refractivity contribution in [2.45, 2.75) is 26.4 Å². The van der Waals surface area contributed by atoms with Gasteiger partial charge < -0.3 is 5.32 Å². The molecule has 4 rings (SSSR count). The number of anilines is 1. The van der Waals surface area contributed by atoms with Gasteiger partial charge in [-0.2, -0.15) is 10.2 Å². The predicted molar refractivity (Wildman–Crippen MR) is 106 cm³/mol. The summed E-state index contributed by atoms with van der Waals surface area (Å²) in [5.74, 6) is -0.227. The van der Waals surface area contributed by atoms with Gasteiger partial charge in [0.25, 0.3) is 5.91 Å². The minimum absolute atomic E-state index is 0.227. The Morgan fingerprint density at radius 2 is 1.93 bits per heavy atom. The fraction of sp³-hybridized carbons (Fsp3) is 0.190. The predicted octanol–water partition coefficient (Wildman–Crippen LogP) is 3.94. The Balaban J connectivity index is 1.47. The van der Waals surface area contributed by atoms with Crippen LogP contribution in [0, 0.1) is 0 Å². The summed E-state index contributed by atoms with van der Waals surface area (Å²) in [6.45, 7) is 3.52. The number of benzene rings is 2. The van der Waals surface area contributed by atoms with Crippen molar-refractivity contribution in [1.82, 2.24) is 19.6 Å². The standard InChI is InChI=1S/C21H21N5O/c1-2-11-25-12-10-20(24-25)21(27)23-18-13-22-26(15-18)14-17-8-5-7-16-6-3-4-9-19(16)17/h3-10,12-13,15H,2,11,14H2,1H3,(H,23,27). The third-order valence-electron chi connectivity index (χ3n) is 4.43. The zero-order valence-electron chi connectivity index (χ0n) is 15.2. The van der Waals surface area contributed by atoms with Gasteiger partial charge in [-0.1, -0.05) is 49.4 Å². The van der Waals surface area contributed by atoms with Crippen LogP contribution in [0.15, 0.2) is 67.1 Å². The number of amides is 1. The molecule has 136 valence electrons. The molecular formula is C21H21N5O. The zero-order valence-corrected chi connectivity index (χ0v) is 15.2. The second kappa shape index (κ2) is 7.45. The van der Waals surface area contributed by atoms with Crippen LogP contribution in [0.25, 0.3) is 10.8 Å². The van der Waals surface area contributed by atoms with Gasteiger partial charge in [0, 0.05) is 18.9 Å². The van der Waals surface area contributed by atoms with Crippen LogP contribution in [0.2, 0.25) is 0 Å². The van der Waals surface area contributed by atoms with Crippen LogP contribution in [-0.4, -0.2) is 25.5 Å². The molecule has 1 N–H and O–H groups in total. The van der Waals surface area contributed by atoms with Gasteiger partial charge in [-0.25, -0.2) is 0 Å². The van der Waals surface area contributed by atoms with Gasteiger partial charge in [0.2, 0.25) is 0 Å². The number of aromatic nitrogens is 4. The van der Waals surface area contributed by atoms with E-state index in [1.165, 1.54) is 16.3 Å². The van der Waals surface area contributed by atoms with Gasteiger partial charge >= 0.3 is 0 Å². The fourth-order valence-electron chi connectivity index (χ4n) is 3.15. The molecule has 6 nitrogen and oxygen atoms in total. The molecule has 0 atom stereocenters. The second-order valence-corrected chi connectivity index (χ2v) is 6.48. The van der Waals surface area contributed by atoms with Crippen LogP contribution in [0.4, 0.5) is 5.69 Å². The Hall–Kier alpha value is -3.41. The maximum atomic E-state index is 12.4. The van der Waals surface area contributed by atoms with Gasteiger partial charge in [-0.3, -0.25) is 14.2 Å². The highest BCUT2D eigenvalue weighted by atomic mass is 16.2. The van der Waals surface area contributed by atoms with Crippen molar-refractivity contribution in [2.24, 2.45) is 0 Å². The minimum atomic E-state index is -0.227. The first kappa shape index (κ1) is 17.0. The summed E-state index contributed by atoms with van der Waals surface area (Å²) >= 11 is 0. The van der Waals surface area contributed by atoms with E-state index >= 15 is 0 Å². The number of fused-ring (bicyclic) bond motifs is 1. The molecule has 0 saturated heterocycles. The molecule has 1 amide bonds. The van der Waals surface area contributed by atoms with Gasteiger partial charge in [0.05, 0.1) is 18.4 Å². The van der Waals surface area contributed by atoms with Gasteiger partial charge in [0.1, 0.15) is 0 Å². The van der Waals surface area contributed by atoms with Crippen molar-refractivity contribution in [3.05, 3.63) is 78.4 Å². The highest BCUT2D eigenvalue weighted by Crippen LogP contribution is 2.19. The summed E-state index contributed by atoms with van der Waals surface area (Å²) in [5.41, 5.74) is 2.25. The average Bonchev–Trinajstić information content (AvgIpc) is 3.32. The minimum Gasteiger partial charge on any atom is -0.318 e. The summed E-state index contributed by atoms with van der Waals surface area (Å²) < 4.78 is 3.60. The quantitative estimate of drug-likeness (QED) is 0.567. The van der Waals surface area contributed by atoms with Gasteiger partial charge in [-0.05, 0) is 28.8 Å². The third-order valence-corrected chi connectivity index (χ3v) is 4.43. The number of aryl methyl sites for hydroxylation is 1. The molecule has 0 fully saturated rings. The zero-order chi connectivity index (χ0) is 18.6. The summed E-state index contributed by atoms with van der Waals surface area (Å²) in [6.07, 6.45) is 6.29. The van der Waals surface area contributed by atoms with Crippen molar-refractivity contribution in [3.8, 4) is 0 Å². The van der Waals surface area contributed by atoms with Crippen LogP contribution >= 0.6 is 0 Å². The molecule has 0 spiro atoms. The Bertz CT molecular complexity index is 1070. The molecule has 0 saturated carbocycles. The Morgan fingerprint density at radius 3 is 2.81 bits per heavy atom. The molecule has 0 aliphatic heterocycles. The SMILES string of the molecule is CCCn1ccc(C(=O)Nc2cnn(Cc3cccc4ccccc34)c2)n1. The van der Waals surface area contributed by atoms with Crippen LogP contribution in [0.3, 0.4) is 0 Å². The molecule has 2 aromatic carbocycles. The van der Waals surface area contributed by atoms with Crippen molar-refractivity contribution >= 4 is 22.4 Å². The van der Waals surface area contributed by atoms with Crippen molar-refractivity contribution in [2.75, 3.05) is 5.32 Å². The molecule has 2 heterocycles. The van der Waals surface area contributed by atoms with Gasteiger partial charge in [-0.15, -0.1) is 0 Å². The van der Waals surface area contributed by atoms with E-state index in [1.54, 1.807) is 16.9 Å². The molecule has 2 aromatic heterocycles. The maximum Gasteiger partial charge on any atom is 0.276 e. The summed E-state index contributed by atoms with van der Waals surface area (Å²) in [5, 5.41) is 13.9. The summed E-state index contributed by atoms with van der Waals surface area (Å²) in [7, 11) is 0. The molecular weight excluding hydrogens is 338 g/mol. The van der Waals surface area contributed by atoms with E-state index in [4.69, 9.17) is 0 Å². The van der Waals surface area contributed by atoms with Crippen LogP contribution in [0.5, 0.6) is 0 Å². The van der Waals surface area contributed by atoms with E-state index < -0.39 is 0 Å². The number of carbonyl (C=O) groups excluding carboxylic acids is 1. The average molecular weight is 359 g/mol. The van der Waals surface area contributed by atoms with E-state index in [-0.39, 0.29) is 5.91 Å². The molecule has 0 aliphatic rings. The lowest BCUT2D eigenvalue weighted by molar-refractivity contribution is 0.102. The van der Waals surface area contributed by atoms with Crippen molar-refractivity contribution in [3.63, 3.8) is 0 Å². The largest absolute Gasteiger partial charge is 0.318 e. The van der Waals surface area contributed by atoms with Gasteiger partial charge in [0.15, 0.2) is 5.69 Å². The Morgan fingerprint density at radius 1 is 1.07 bits per heavy atom. The number of hydrogen-bond donors (Lipinski definition) is 1. The molecule has 0 radical (unpaired) electrons. The second-order valence-electron chi connectivity index (χ2n) is 6.48. The molecule has 0 bridgehead atoms. The maximum absolute atomic E-state index is 12.4. The summed E-state index contributed by atoms with van der Waals surface area (Å²) in [6, 6.07) is 16.3. The number of rotatable bonds is 6. The monoisotopic (exact) mass is 359 g/mol. The first-order valence-corrected chi connectivity index (χ1v) is 9.07. The topological polar surface area (TPSA) is 64.7 Å². The van der Waals surface area contributed by atoms with Crippen molar-refractivity contribution < 1.29 is 4.79 Å². The van der Waals surface area contributed by atoms with Crippen LogP contribution in [-0.2, 0) is 13.1 Å². The van der Waals surface area contributed by atoms with E-state index in [0.29, 0.717) is 17.9 Å². The van der Waals surface area contributed by atoms with E-state index in [2.05, 4.69) is 52.8 Å². The Kier molecular flexibility index (Phi) is 4.70. The lowest BCUT2D eigenvalue weighted by Crippen LogP contribution is -2.13. The van der Waals surface area contributed by atoms with Crippen LogP contribution < -0.4 is 5.32 Å². The van der Waals surface area contributed by atoms with E-state index in [9.17, 15) is 4.79 Å². The fourth-order valence-corrected chi connectivity index (χ4v) is 3.15. The van der Waals surface area contributed by atoms with E-state index in [0.717, 1.165) is 13.0 Å². The molecule has 0 aliphatic carbocycles. The van der Waals surface area contributed by atoms with E-state index in [1.807, 2.05) is 29.2 Å². The first-order valence-electron chi connectivity index (χ1n) is 9.07. The highest BCUT2D eigenvalue weighted by molar-refractivity contribution is 6.02. The lowest BCUT2D eigenvalue weighted by Gasteiger charge is -2.06. The molecule has 27 heavy (non-hydrogen) atoms. The first-order chi connectivity index (χ1) is 13.2. The normalized spacial score (nSPS) is 11.0. The molecule has 0 unspecified atom stereocenters. The summed E-state index contributed by atoms with van der Waals surface area (Å²) in [4.78, 5) is 12.4.